The van der Waals surface area contributed by atoms with Crippen molar-refractivity contribution in [3.05, 3.63) is 24.3 Å². The molecule has 2 heterocycles. The fourth-order valence-corrected chi connectivity index (χ4v) is 4.82. The summed E-state index contributed by atoms with van der Waals surface area (Å²) in [5, 5.41) is 5.69. The van der Waals surface area contributed by atoms with E-state index < -0.39 is 17.6 Å². The molecule has 5 amide bonds. The Labute approximate surface area is 169 Å². The minimum atomic E-state index is -0.893. The summed E-state index contributed by atoms with van der Waals surface area (Å²) in [4.78, 5) is 53.7. The minimum Gasteiger partial charge on any atom is -0.324 e. The van der Waals surface area contributed by atoms with E-state index in [4.69, 9.17) is 0 Å². The van der Waals surface area contributed by atoms with E-state index >= 15 is 0 Å². The van der Waals surface area contributed by atoms with Crippen molar-refractivity contribution in [2.75, 3.05) is 16.8 Å². The van der Waals surface area contributed by atoms with Crippen LogP contribution >= 0.6 is 0 Å². The van der Waals surface area contributed by atoms with Gasteiger partial charge in [0.05, 0.1) is 11.4 Å². The van der Waals surface area contributed by atoms with E-state index in [9.17, 15) is 19.2 Å². The molecule has 3 atom stereocenters. The van der Waals surface area contributed by atoms with Crippen LogP contribution in [0.1, 0.15) is 46.0 Å². The maximum Gasteiger partial charge on any atom is 0.325 e. The Hall–Kier alpha value is -2.90. The van der Waals surface area contributed by atoms with Gasteiger partial charge in [0.25, 0.3) is 5.91 Å². The molecule has 2 fully saturated rings. The number of nitrogens with one attached hydrogen (secondary N) is 2. The van der Waals surface area contributed by atoms with Crippen LogP contribution < -0.4 is 15.5 Å². The molecule has 1 aliphatic carbocycles. The van der Waals surface area contributed by atoms with Gasteiger partial charge in [-0.3, -0.25) is 19.3 Å². The number of urea groups is 1. The van der Waals surface area contributed by atoms with Crippen molar-refractivity contribution >= 4 is 35.1 Å². The number of carbonyl (C=O) groups is 4. The number of para-hydroxylation sites is 2. The quantitative estimate of drug-likeness (QED) is 0.747. The van der Waals surface area contributed by atoms with E-state index in [1.165, 1.54) is 4.90 Å². The van der Waals surface area contributed by atoms with Crippen molar-refractivity contribution in [2.24, 2.45) is 5.92 Å². The molecular formula is C21H26N4O4. The lowest BCUT2D eigenvalue weighted by molar-refractivity contribution is -0.137. The number of carbonyl (C=O) groups excluding carboxylic acids is 4. The number of amides is 5. The topological polar surface area (TPSA) is 98.8 Å². The second-order valence-electron chi connectivity index (χ2n) is 8.32. The van der Waals surface area contributed by atoms with E-state index in [0.29, 0.717) is 17.8 Å². The maximum absolute atomic E-state index is 13.2. The van der Waals surface area contributed by atoms with Gasteiger partial charge in [-0.1, -0.05) is 31.9 Å². The second-order valence-corrected chi connectivity index (χ2v) is 8.32. The van der Waals surface area contributed by atoms with Gasteiger partial charge >= 0.3 is 6.03 Å². The molecule has 1 aromatic rings. The average Bonchev–Trinajstić information content (AvgIpc) is 2.82. The Kier molecular flexibility index (Phi) is 4.80. The van der Waals surface area contributed by atoms with Gasteiger partial charge < -0.3 is 15.5 Å². The van der Waals surface area contributed by atoms with Crippen molar-refractivity contribution in [3.8, 4) is 0 Å². The van der Waals surface area contributed by atoms with Gasteiger partial charge in [-0.15, -0.1) is 0 Å². The third-order valence-electron chi connectivity index (χ3n) is 6.42. The number of imide groups is 1. The van der Waals surface area contributed by atoms with Gasteiger partial charge in [-0.25, -0.2) is 4.79 Å². The number of hydrogen-bond acceptors (Lipinski definition) is 4. The van der Waals surface area contributed by atoms with Crippen LogP contribution in [0.25, 0.3) is 0 Å². The lowest BCUT2D eigenvalue weighted by atomic mass is 9.73. The molecule has 0 unspecified atom stereocenters. The van der Waals surface area contributed by atoms with Crippen molar-refractivity contribution < 1.29 is 19.2 Å². The van der Waals surface area contributed by atoms with E-state index in [0.717, 1.165) is 24.2 Å². The molecular weight excluding hydrogens is 372 g/mol. The fourth-order valence-electron chi connectivity index (χ4n) is 4.82. The fraction of sp³-hybridized carbons (Fsp3) is 0.524. The molecule has 2 N–H and O–H groups in total. The van der Waals surface area contributed by atoms with Gasteiger partial charge in [-0.2, -0.15) is 0 Å². The number of rotatable bonds is 2. The first-order valence-corrected chi connectivity index (χ1v) is 10.2. The van der Waals surface area contributed by atoms with Crippen LogP contribution in [-0.4, -0.2) is 46.8 Å². The SMILES string of the molecule is C[C@@H]1CC(=O)Nc2ccccc2N1C(=O)CN1C(=O)N[C@@]2(CCCC[C@@H]2C)C1=O. The summed E-state index contributed by atoms with van der Waals surface area (Å²) in [7, 11) is 0. The average molecular weight is 398 g/mol. The van der Waals surface area contributed by atoms with Crippen LogP contribution in [0.15, 0.2) is 24.3 Å². The predicted octanol–water partition coefficient (Wildman–Crippen LogP) is 2.25. The maximum atomic E-state index is 13.2. The van der Waals surface area contributed by atoms with Crippen molar-refractivity contribution in [3.63, 3.8) is 0 Å². The summed E-state index contributed by atoms with van der Waals surface area (Å²) in [5.74, 6) is -0.837. The van der Waals surface area contributed by atoms with Gasteiger partial charge in [0.2, 0.25) is 11.8 Å². The van der Waals surface area contributed by atoms with E-state index in [2.05, 4.69) is 10.6 Å². The first kappa shape index (κ1) is 19.4. The summed E-state index contributed by atoms with van der Waals surface area (Å²) in [6.07, 6.45) is 3.53. The third-order valence-corrected chi connectivity index (χ3v) is 6.42. The smallest absolute Gasteiger partial charge is 0.324 e. The second kappa shape index (κ2) is 7.17. The number of anilines is 2. The highest BCUT2D eigenvalue weighted by atomic mass is 16.2. The molecule has 1 aromatic carbocycles. The van der Waals surface area contributed by atoms with Gasteiger partial charge in [0, 0.05) is 12.5 Å². The molecule has 154 valence electrons. The molecule has 0 radical (unpaired) electrons. The zero-order chi connectivity index (χ0) is 20.8. The first-order chi connectivity index (χ1) is 13.8. The Morgan fingerprint density at radius 3 is 2.69 bits per heavy atom. The molecule has 1 saturated carbocycles. The molecule has 3 aliphatic rings. The van der Waals surface area contributed by atoms with Crippen molar-refractivity contribution in [1.29, 1.82) is 0 Å². The molecule has 4 rings (SSSR count). The summed E-state index contributed by atoms with van der Waals surface area (Å²) in [6, 6.07) is 6.15. The zero-order valence-corrected chi connectivity index (χ0v) is 16.7. The molecule has 0 bridgehead atoms. The predicted molar refractivity (Wildman–Crippen MR) is 107 cm³/mol. The van der Waals surface area contributed by atoms with Crippen LogP contribution in [0.3, 0.4) is 0 Å². The molecule has 8 heteroatoms. The highest BCUT2D eigenvalue weighted by Gasteiger charge is 2.55. The summed E-state index contributed by atoms with van der Waals surface area (Å²) < 4.78 is 0. The number of fused-ring (bicyclic) bond motifs is 1. The van der Waals surface area contributed by atoms with Gasteiger partial charge in [0.15, 0.2) is 0 Å². The summed E-state index contributed by atoms with van der Waals surface area (Å²) >= 11 is 0. The van der Waals surface area contributed by atoms with Crippen LogP contribution in [0.5, 0.6) is 0 Å². The Morgan fingerprint density at radius 2 is 1.93 bits per heavy atom. The molecule has 0 aromatic heterocycles. The molecule has 1 spiro atoms. The monoisotopic (exact) mass is 398 g/mol. The summed E-state index contributed by atoms with van der Waals surface area (Å²) in [6.45, 7) is 3.43. The molecule has 1 saturated heterocycles. The normalized spacial score (nSPS) is 29.4. The highest BCUT2D eigenvalue weighted by molar-refractivity contribution is 6.12. The highest BCUT2D eigenvalue weighted by Crippen LogP contribution is 2.38. The number of nitrogens with zero attached hydrogens (tertiary/aromatic N) is 2. The van der Waals surface area contributed by atoms with Crippen LogP contribution in [0, 0.1) is 5.92 Å². The van der Waals surface area contributed by atoms with Crippen LogP contribution in [0.2, 0.25) is 0 Å². The molecule has 29 heavy (non-hydrogen) atoms. The summed E-state index contributed by atoms with van der Waals surface area (Å²) in [5.41, 5.74) is 0.226. The van der Waals surface area contributed by atoms with Crippen molar-refractivity contribution in [2.45, 2.75) is 57.5 Å². The van der Waals surface area contributed by atoms with Crippen LogP contribution in [-0.2, 0) is 14.4 Å². The Bertz CT molecular complexity index is 885. The zero-order valence-electron chi connectivity index (χ0n) is 16.7. The first-order valence-electron chi connectivity index (χ1n) is 10.2. The lowest BCUT2D eigenvalue weighted by Crippen LogP contribution is -2.54. The number of benzene rings is 1. The third kappa shape index (κ3) is 3.16. The number of hydrogen-bond donors (Lipinski definition) is 2. The van der Waals surface area contributed by atoms with Gasteiger partial charge in [0.1, 0.15) is 12.1 Å². The molecule has 2 aliphatic heterocycles. The lowest BCUT2D eigenvalue weighted by Gasteiger charge is -2.37. The van der Waals surface area contributed by atoms with Crippen LogP contribution in [0.4, 0.5) is 16.2 Å². The largest absolute Gasteiger partial charge is 0.325 e. The minimum absolute atomic E-state index is 0.0347. The standard InChI is InChI=1S/C21H26N4O4/c1-13-7-5-6-10-21(13)19(28)24(20(29)23-21)12-18(27)25-14(2)11-17(26)22-15-8-3-4-9-16(15)25/h3-4,8-9,13-14H,5-7,10-12H2,1-2H3,(H,22,26)(H,23,29)/t13-,14+,21+/m0/s1. The van der Waals surface area contributed by atoms with E-state index in [1.54, 1.807) is 31.2 Å². The van der Waals surface area contributed by atoms with E-state index in [1.807, 2.05) is 6.92 Å². The van der Waals surface area contributed by atoms with E-state index in [-0.39, 0.29) is 36.6 Å². The molecule has 8 nitrogen and oxygen atoms in total. The Morgan fingerprint density at radius 1 is 1.17 bits per heavy atom. The Balaban J connectivity index is 1.60. The van der Waals surface area contributed by atoms with Crippen molar-refractivity contribution in [1.82, 2.24) is 10.2 Å². The van der Waals surface area contributed by atoms with Gasteiger partial charge in [-0.05, 0) is 37.8 Å².